The van der Waals surface area contributed by atoms with Crippen LogP contribution in [0.15, 0.2) is 59.3 Å². The van der Waals surface area contributed by atoms with Crippen molar-refractivity contribution in [2.45, 2.75) is 6.42 Å². The summed E-state index contributed by atoms with van der Waals surface area (Å²) in [4.78, 5) is 21.6. The van der Waals surface area contributed by atoms with Gasteiger partial charge in [0.1, 0.15) is 6.33 Å². The third-order valence-corrected chi connectivity index (χ3v) is 4.95. The quantitative estimate of drug-likeness (QED) is 0.499. The van der Waals surface area contributed by atoms with Gasteiger partial charge in [0.05, 0.1) is 10.6 Å². The van der Waals surface area contributed by atoms with Crippen LogP contribution in [0.1, 0.15) is 5.56 Å². The van der Waals surface area contributed by atoms with Crippen LogP contribution in [0, 0.1) is 10.1 Å². The van der Waals surface area contributed by atoms with Gasteiger partial charge >= 0.3 is 5.69 Å². The number of fused-ring (bicyclic) bond motifs is 1. The van der Waals surface area contributed by atoms with E-state index < -0.39 is 4.92 Å². The average molecular weight is 412 g/mol. The molecular weight excluding hydrogens is 398 g/mol. The van der Waals surface area contributed by atoms with E-state index in [9.17, 15) is 10.1 Å². The summed E-state index contributed by atoms with van der Waals surface area (Å²) >= 11 is 3.44. The minimum absolute atomic E-state index is 0.139. The highest BCUT2D eigenvalue weighted by Crippen LogP contribution is 2.41. The number of anilines is 4. The van der Waals surface area contributed by atoms with E-state index in [1.54, 1.807) is 0 Å². The van der Waals surface area contributed by atoms with Gasteiger partial charge < -0.3 is 10.2 Å². The molecule has 0 saturated carbocycles. The molecule has 0 atom stereocenters. The molecule has 1 N–H and O–H groups in total. The lowest BCUT2D eigenvalue weighted by atomic mass is 10.2. The van der Waals surface area contributed by atoms with Crippen molar-refractivity contribution in [2.24, 2.45) is 0 Å². The molecular formula is C18H14BrN5O2. The Morgan fingerprint density at radius 3 is 2.69 bits per heavy atom. The first-order valence-corrected chi connectivity index (χ1v) is 8.81. The number of nitrogens with zero attached hydrogens (tertiary/aromatic N) is 4. The van der Waals surface area contributed by atoms with Crippen LogP contribution in [-0.4, -0.2) is 21.4 Å². The van der Waals surface area contributed by atoms with E-state index in [2.05, 4.69) is 31.2 Å². The van der Waals surface area contributed by atoms with Crippen LogP contribution in [0.5, 0.6) is 0 Å². The maximum absolute atomic E-state index is 11.8. The van der Waals surface area contributed by atoms with Crippen LogP contribution < -0.4 is 10.2 Å². The van der Waals surface area contributed by atoms with Crippen molar-refractivity contribution in [1.29, 1.82) is 0 Å². The molecule has 0 radical (unpaired) electrons. The number of rotatable bonds is 4. The highest BCUT2D eigenvalue weighted by atomic mass is 79.9. The Kier molecular flexibility index (Phi) is 4.26. The predicted molar refractivity (Wildman–Crippen MR) is 103 cm³/mol. The van der Waals surface area contributed by atoms with Crippen molar-refractivity contribution in [3.05, 3.63) is 75.0 Å². The fourth-order valence-electron chi connectivity index (χ4n) is 3.07. The zero-order valence-corrected chi connectivity index (χ0v) is 15.2. The summed E-state index contributed by atoms with van der Waals surface area (Å²) in [7, 11) is 0. The van der Waals surface area contributed by atoms with Gasteiger partial charge in [-0.3, -0.25) is 10.1 Å². The fourth-order valence-corrected chi connectivity index (χ4v) is 3.46. The molecule has 1 aliphatic rings. The topological polar surface area (TPSA) is 84.2 Å². The predicted octanol–water partition coefficient (Wildman–Crippen LogP) is 4.59. The van der Waals surface area contributed by atoms with Gasteiger partial charge in [-0.2, -0.15) is 0 Å². The van der Waals surface area contributed by atoms with Gasteiger partial charge in [0.25, 0.3) is 0 Å². The number of para-hydroxylation sites is 2. The van der Waals surface area contributed by atoms with Crippen molar-refractivity contribution in [3.63, 3.8) is 0 Å². The minimum Gasteiger partial charge on any atom is -0.333 e. The second-order valence-electron chi connectivity index (χ2n) is 5.79. The van der Waals surface area contributed by atoms with Gasteiger partial charge in [0, 0.05) is 16.7 Å². The molecule has 130 valence electrons. The second-order valence-corrected chi connectivity index (χ2v) is 6.64. The lowest BCUT2D eigenvalue weighted by Gasteiger charge is -2.19. The summed E-state index contributed by atoms with van der Waals surface area (Å²) in [6.45, 7) is 0.645. The number of benzene rings is 2. The van der Waals surface area contributed by atoms with Crippen molar-refractivity contribution < 1.29 is 4.92 Å². The molecule has 7 nitrogen and oxygen atoms in total. The van der Waals surface area contributed by atoms with E-state index in [-0.39, 0.29) is 11.5 Å². The lowest BCUT2D eigenvalue weighted by Crippen LogP contribution is -2.17. The Balaban J connectivity index is 1.80. The van der Waals surface area contributed by atoms with Crippen molar-refractivity contribution in [2.75, 3.05) is 16.8 Å². The van der Waals surface area contributed by atoms with E-state index in [0.29, 0.717) is 18.1 Å². The zero-order valence-electron chi connectivity index (χ0n) is 13.6. The summed E-state index contributed by atoms with van der Waals surface area (Å²) < 4.78 is 0.793. The third-order valence-electron chi connectivity index (χ3n) is 4.26. The SMILES string of the molecule is O=[N+]([O-])c1c(Nc2ccccc2Br)ncnc1N1CCc2ccccc21. The Morgan fingerprint density at radius 2 is 1.88 bits per heavy atom. The van der Waals surface area contributed by atoms with E-state index >= 15 is 0 Å². The summed E-state index contributed by atoms with van der Waals surface area (Å²) in [5.41, 5.74) is 2.66. The standard InChI is InChI=1S/C18H14BrN5O2/c19-13-6-2-3-7-14(13)22-17-16(24(25)26)18(21-11-20-17)23-10-9-12-5-1-4-8-15(12)23/h1-8,11H,9-10H2,(H,20,21,22). The normalized spacial score (nSPS) is 12.7. The minimum atomic E-state index is -0.435. The summed E-state index contributed by atoms with van der Waals surface area (Å²) in [6, 6.07) is 15.3. The van der Waals surface area contributed by atoms with Crippen LogP contribution in [0.25, 0.3) is 0 Å². The number of nitrogens with one attached hydrogen (secondary N) is 1. The Bertz CT molecular complexity index is 995. The molecule has 4 rings (SSSR count). The molecule has 0 amide bonds. The van der Waals surface area contributed by atoms with Crippen LogP contribution in [0.2, 0.25) is 0 Å². The molecule has 0 fully saturated rings. The van der Waals surface area contributed by atoms with Crippen molar-refractivity contribution in [1.82, 2.24) is 9.97 Å². The Labute approximate surface area is 158 Å². The van der Waals surface area contributed by atoms with E-state index in [4.69, 9.17) is 0 Å². The molecule has 2 aromatic carbocycles. The van der Waals surface area contributed by atoms with Crippen molar-refractivity contribution in [3.8, 4) is 0 Å². The number of hydrogen-bond donors (Lipinski definition) is 1. The fraction of sp³-hybridized carbons (Fsp3) is 0.111. The molecule has 1 aliphatic heterocycles. The van der Waals surface area contributed by atoms with Gasteiger partial charge in [0.15, 0.2) is 0 Å². The second kappa shape index (κ2) is 6.72. The summed E-state index contributed by atoms with van der Waals surface area (Å²) in [5.74, 6) is 0.459. The van der Waals surface area contributed by atoms with Gasteiger partial charge in [-0.05, 0) is 46.1 Å². The number of nitro groups is 1. The number of halogens is 1. The molecule has 8 heteroatoms. The van der Waals surface area contributed by atoms with Gasteiger partial charge in [0.2, 0.25) is 11.6 Å². The lowest BCUT2D eigenvalue weighted by molar-refractivity contribution is -0.383. The van der Waals surface area contributed by atoms with Crippen LogP contribution >= 0.6 is 15.9 Å². The maximum Gasteiger partial charge on any atom is 0.354 e. The van der Waals surface area contributed by atoms with Gasteiger partial charge in [-0.1, -0.05) is 30.3 Å². The highest BCUT2D eigenvalue weighted by molar-refractivity contribution is 9.10. The molecule has 3 aromatic rings. The summed E-state index contributed by atoms with van der Waals surface area (Å²) in [5, 5.41) is 14.9. The largest absolute Gasteiger partial charge is 0.354 e. The molecule has 2 heterocycles. The first kappa shape index (κ1) is 16.5. The molecule has 0 saturated heterocycles. The molecule has 0 spiro atoms. The maximum atomic E-state index is 11.8. The number of aromatic nitrogens is 2. The van der Waals surface area contributed by atoms with Gasteiger partial charge in [-0.25, -0.2) is 9.97 Å². The molecule has 0 aliphatic carbocycles. The van der Waals surface area contributed by atoms with Gasteiger partial charge in [-0.15, -0.1) is 0 Å². The zero-order chi connectivity index (χ0) is 18.1. The average Bonchev–Trinajstić information content (AvgIpc) is 3.07. The van der Waals surface area contributed by atoms with Crippen LogP contribution in [0.4, 0.5) is 28.7 Å². The first-order chi connectivity index (χ1) is 12.6. The van der Waals surface area contributed by atoms with E-state index in [1.807, 2.05) is 53.4 Å². The molecule has 0 unspecified atom stereocenters. The van der Waals surface area contributed by atoms with Crippen LogP contribution in [-0.2, 0) is 6.42 Å². The van der Waals surface area contributed by atoms with E-state index in [0.717, 1.165) is 22.1 Å². The Hall–Kier alpha value is -3.00. The third kappa shape index (κ3) is 2.88. The number of hydrogen-bond acceptors (Lipinski definition) is 6. The molecule has 0 bridgehead atoms. The summed E-state index contributed by atoms with van der Waals surface area (Å²) in [6.07, 6.45) is 2.17. The van der Waals surface area contributed by atoms with Crippen molar-refractivity contribution >= 4 is 44.6 Å². The molecule has 26 heavy (non-hydrogen) atoms. The smallest absolute Gasteiger partial charge is 0.333 e. The monoisotopic (exact) mass is 411 g/mol. The Morgan fingerprint density at radius 1 is 1.12 bits per heavy atom. The first-order valence-electron chi connectivity index (χ1n) is 8.01. The van der Waals surface area contributed by atoms with E-state index in [1.165, 1.54) is 6.33 Å². The van der Waals surface area contributed by atoms with Crippen LogP contribution in [0.3, 0.4) is 0 Å². The highest BCUT2D eigenvalue weighted by Gasteiger charge is 2.31. The molecule has 1 aromatic heterocycles.